The van der Waals surface area contributed by atoms with Crippen LogP contribution in [0.5, 0.6) is 0 Å². The third-order valence-corrected chi connectivity index (χ3v) is 7.94. The van der Waals surface area contributed by atoms with Crippen molar-refractivity contribution in [2.75, 3.05) is 26.2 Å². The normalized spacial score (nSPS) is 16.4. The summed E-state index contributed by atoms with van der Waals surface area (Å²) >= 11 is 0. The smallest absolute Gasteiger partial charge is 0.290 e. The Balaban J connectivity index is 1.61. The Labute approximate surface area is 204 Å². The summed E-state index contributed by atoms with van der Waals surface area (Å²) in [5.74, 6) is 0. The molecule has 4 nitrogen and oxygen atoms in total. The van der Waals surface area contributed by atoms with Gasteiger partial charge in [0, 0.05) is 26.2 Å². The summed E-state index contributed by atoms with van der Waals surface area (Å²) in [4.78, 5) is 1.02. The van der Waals surface area contributed by atoms with Gasteiger partial charge in [-0.15, -0.1) is 0 Å². The Morgan fingerprint density at radius 1 is 0.639 bits per heavy atom. The molecule has 0 aliphatic carbocycles. The molecule has 1 heterocycles. The average molecular weight is 529 g/mol. The van der Waals surface area contributed by atoms with Crippen molar-refractivity contribution in [3.63, 3.8) is 0 Å². The van der Waals surface area contributed by atoms with Crippen molar-refractivity contribution >= 4 is 10.0 Å². The van der Waals surface area contributed by atoms with Crippen LogP contribution in [0, 0.1) is 0 Å². The number of benzene rings is 3. The molecule has 0 N–H and O–H groups in total. The summed E-state index contributed by atoms with van der Waals surface area (Å²) in [7, 11) is -4.60. The second-order valence-corrected chi connectivity index (χ2v) is 10.3. The van der Waals surface area contributed by atoms with Crippen molar-refractivity contribution in [3.8, 4) is 0 Å². The Bertz CT molecular complexity index is 1220. The highest BCUT2D eigenvalue weighted by atomic mass is 32.2. The number of hydrogen-bond donors (Lipinski definition) is 0. The van der Waals surface area contributed by atoms with Crippen molar-refractivity contribution in [3.05, 3.63) is 101 Å². The zero-order valence-corrected chi connectivity index (χ0v) is 19.6. The molecular formula is C25H22F6N2O2S. The highest BCUT2D eigenvalue weighted by Gasteiger charge is 2.40. The summed E-state index contributed by atoms with van der Waals surface area (Å²) in [6.45, 7) is 0.295. The van der Waals surface area contributed by atoms with Gasteiger partial charge in [-0.2, -0.15) is 30.6 Å². The maximum absolute atomic E-state index is 13.2. The van der Waals surface area contributed by atoms with Crippen LogP contribution < -0.4 is 0 Å². The lowest BCUT2D eigenvalue weighted by Gasteiger charge is -2.39. The minimum absolute atomic E-state index is 0.0821. The van der Waals surface area contributed by atoms with E-state index in [1.54, 1.807) is 0 Å². The van der Waals surface area contributed by atoms with Gasteiger partial charge in [0.15, 0.2) is 0 Å². The summed E-state index contributed by atoms with van der Waals surface area (Å²) in [5, 5.41) is 0. The Kier molecular flexibility index (Phi) is 7.18. The first-order valence-electron chi connectivity index (χ1n) is 11.0. The van der Waals surface area contributed by atoms with Crippen molar-refractivity contribution in [1.29, 1.82) is 0 Å². The van der Waals surface area contributed by atoms with Gasteiger partial charge in [0.2, 0.25) is 10.0 Å². The molecule has 11 heteroatoms. The maximum atomic E-state index is 13.2. The molecule has 0 unspecified atom stereocenters. The number of rotatable bonds is 5. The second kappa shape index (κ2) is 9.87. The predicted octanol–water partition coefficient (Wildman–Crippen LogP) is 5.82. The fourth-order valence-electron chi connectivity index (χ4n) is 4.31. The molecule has 0 bridgehead atoms. The van der Waals surface area contributed by atoms with E-state index in [0.717, 1.165) is 15.4 Å². The molecule has 1 aliphatic heterocycles. The molecule has 192 valence electrons. The van der Waals surface area contributed by atoms with Crippen LogP contribution in [0.3, 0.4) is 0 Å². The van der Waals surface area contributed by atoms with Crippen LogP contribution in [0.4, 0.5) is 26.3 Å². The van der Waals surface area contributed by atoms with Gasteiger partial charge >= 0.3 is 12.4 Å². The number of piperazine rings is 1. The molecule has 1 saturated heterocycles. The molecule has 0 spiro atoms. The molecule has 0 radical (unpaired) electrons. The van der Waals surface area contributed by atoms with E-state index in [-0.39, 0.29) is 50.4 Å². The van der Waals surface area contributed by atoms with Crippen LogP contribution in [0.25, 0.3) is 0 Å². The highest BCUT2D eigenvalue weighted by molar-refractivity contribution is 7.89. The fraction of sp³-hybridized carbons (Fsp3) is 0.280. The van der Waals surface area contributed by atoms with E-state index in [1.807, 2.05) is 65.6 Å². The number of nitrogens with zero attached hydrogens (tertiary/aromatic N) is 2. The summed E-state index contributed by atoms with van der Waals surface area (Å²) < 4.78 is 107. The molecule has 0 atom stereocenters. The Hall–Kier alpha value is -2.89. The quantitative estimate of drug-likeness (QED) is 0.392. The fourth-order valence-corrected chi connectivity index (χ4v) is 5.81. The first-order valence-corrected chi connectivity index (χ1v) is 12.4. The number of alkyl halides is 6. The van der Waals surface area contributed by atoms with Crippen molar-refractivity contribution in [1.82, 2.24) is 9.21 Å². The van der Waals surface area contributed by atoms with Crippen LogP contribution in [0.1, 0.15) is 28.3 Å². The second-order valence-electron chi connectivity index (χ2n) is 8.41. The zero-order chi connectivity index (χ0) is 26.1. The molecule has 0 aromatic heterocycles. The van der Waals surface area contributed by atoms with E-state index in [4.69, 9.17) is 0 Å². The average Bonchev–Trinajstić information content (AvgIpc) is 2.84. The van der Waals surface area contributed by atoms with Gasteiger partial charge < -0.3 is 0 Å². The van der Waals surface area contributed by atoms with Crippen molar-refractivity contribution in [2.24, 2.45) is 0 Å². The topological polar surface area (TPSA) is 40.6 Å². The van der Waals surface area contributed by atoms with Crippen molar-refractivity contribution < 1.29 is 34.8 Å². The SMILES string of the molecule is O=S(=O)(c1cc(C(F)(F)F)cc(C(F)(F)F)c1)N1CCN(C(c2ccccc2)c2ccccc2)CC1. The minimum atomic E-state index is -5.14. The molecular weight excluding hydrogens is 506 g/mol. The van der Waals surface area contributed by atoms with Crippen LogP contribution in [0.15, 0.2) is 83.8 Å². The lowest BCUT2D eigenvalue weighted by molar-refractivity contribution is -0.143. The summed E-state index contributed by atoms with van der Waals surface area (Å²) in [5.41, 5.74) is -1.37. The van der Waals surface area contributed by atoms with E-state index in [9.17, 15) is 34.8 Å². The summed E-state index contributed by atoms with van der Waals surface area (Å²) in [6, 6.07) is 19.3. The lowest BCUT2D eigenvalue weighted by atomic mass is 9.96. The lowest BCUT2D eigenvalue weighted by Crippen LogP contribution is -2.49. The molecule has 3 aromatic carbocycles. The highest BCUT2D eigenvalue weighted by Crippen LogP contribution is 2.38. The molecule has 3 aromatic rings. The first-order chi connectivity index (χ1) is 16.9. The van der Waals surface area contributed by atoms with Gasteiger partial charge in [-0.3, -0.25) is 4.90 Å². The zero-order valence-electron chi connectivity index (χ0n) is 18.8. The molecule has 4 rings (SSSR count). The van der Waals surface area contributed by atoms with Gasteiger partial charge in [0.25, 0.3) is 0 Å². The van der Waals surface area contributed by atoms with Crippen LogP contribution >= 0.6 is 0 Å². The van der Waals surface area contributed by atoms with Gasteiger partial charge in [-0.25, -0.2) is 8.42 Å². The van der Waals surface area contributed by atoms with E-state index >= 15 is 0 Å². The summed E-state index contributed by atoms with van der Waals surface area (Å²) in [6.07, 6.45) is -10.3. The molecule has 0 amide bonds. The standard InChI is InChI=1S/C25H22F6N2O2S/c26-24(27,28)20-15-21(25(29,30)31)17-22(16-20)36(34,35)33-13-11-32(12-14-33)23(18-7-3-1-4-8-18)19-9-5-2-6-10-19/h1-10,15-17,23H,11-14H2. The third kappa shape index (κ3) is 5.58. The first kappa shape index (κ1) is 26.2. The van der Waals surface area contributed by atoms with Crippen LogP contribution in [-0.2, 0) is 22.4 Å². The molecule has 1 fully saturated rings. The van der Waals surface area contributed by atoms with Crippen LogP contribution in [-0.4, -0.2) is 43.8 Å². The van der Waals surface area contributed by atoms with Gasteiger partial charge in [0.05, 0.1) is 22.1 Å². The Morgan fingerprint density at radius 2 is 1.06 bits per heavy atom. The predicted molar refractivity (Wildman–Crippen MR) is 122 cm³/mol. The third-order valence-electron chi connectivity index (χ3n) is 6.07. The molecule has 1 aliphatic rings. The maximum Gasteiger partial charge on any atom is 0.416 e. The van der Waals surface area contributed by atoms with E-state index < -0.39 is 38.4 Å². The Morgan fingerprint density at radius 3 is 1.44 bits per heavy atom. The largest absolute Gasteiger partial charge is 0.416 e. The number of sulfonamides is 1. The van der Waals surface area contributed by atoms with Gasteiger partial charge in [-0.05, 0) is 29.3 Å². The van der Waals surface area contributed by atoms with E-state index in [0.29, 0.717) is 0 Å². The van der Waals surface area contributed by atoms with E-state index in [2.05, 4.69) is 0 Å². The van der Waals surface area contributed by atoms with Crippen LogP contribution in [0.2, 0.25) is 0 Å². The monoisotopic (exact) mass is 528 g/mol. The molecule has 36 heavy (non-hydrogen) atoms. The number of hydrogen-bond acceptors (Lipinski definition) is 3. The number of halogens is 6. The minimum Gasteiger partial charge on any atom is -0.290 e. The van der Waals surface area contributed by atoms with Crippen molar-refractivity contribution in [2.45, 2.75) is 23.3 Å². The van der Waals surface area contributed by atoms with Gasteiger partial charge in [0.1, 0.15) is 0 Å². The van der Waals surface area contributed by atoms with E-state index in [1.165, 1.54) is 0 Å². The molecule has 0 saturated carbocycles. The van der Waals surface area contributed by atoms with Gasteiger partial charge in [-0.1, -0.05) is 60.7 Å².